The SMILES string of the molecule is COc1cc(OC)cc(C(=O)N/N=C/c2ccc(OCC(=O)Nc3ccccc3OC)cc2)c1. The monoisotopic (exact) mass is 463 g/mol. The summed E-state index contributed by atoms with van der Waals surface area (Å²) >= 11 is 0. The van der Waals surface area contributed by atoms with E-state index in [9.17, 15) is 9.59 Å². The second-order valence-corrected chi connectivity index (χ2v) is 6.91. The summed E-state index contributed by atoms with van der Waals surface area (Å²) in [6.07, 6.45) is 1.49. The highest BCUT2D eigenvalue weighted by Crippen LogP contribution is 2.23. The van der Waals surface area contributed by atoms with Crippen molar-refractivity contribution in [2.75, 3.05) is 33.3 Å². The van der Waals surface area contributed by atoms with E-state index >= 15 is 0 Å². The van der Waals surface area contributed by atoms with Crippen LogP contribution in [-0.2, 0) is 4.79 Å². The number of carbonyl (C=O) groups is 2. The van der Waals surface area contributed by atoms with E-state index in [2.05, 4.69) is 15.8 Å². The fourth-order valence-corrected chi connectivity index (χ4v) is 2.90. The lowest BCUT2D eigenvalue weighted by Crippen LogP contribution is -2.20. The highest BCUT2D eigenvalue weighted by Gasteiger charge is 2.10. The van der Waals surface area contributed by atoms with Gasteiger partial charge in [-0.25, -0.2) is 5.43 Å². The third kappa shape index (κ3) is 6.73. The Hall–Kier alpha value is -4.53. The third-order valence-corrected chi connectivity index (χ3v) is 4.62. The minimum absolute atomic E-state index is 0.161. The highest BCUT2D eigenvalue weighted by atomic mass is 16.5. The van der Waals surface area contributed by atoms with Gasteiger partial charge in [-0.3, -0.25) is 9.59 Å². The summed E-state index contributed by atoms with van der Waals surface area (Å²) in [6.45, 7) is -0.161. The Morgan fingerprint density at radius 1 is 0.853 bits per heavy atom. The zero-order valence-corrected chi connectivity index (χ0v) is 19.0. The van der Waals surface area contributed by atoms with E-state index in [0.29, 0.717) is 34.2 Å². The number of hydrazone groups is 1. The molecule has 0 bridgehead atoms. The third-order valence-electron chi connectivity index (χ3n) is 4.62. The number of methoxy groups -OCH3 is 3. The van der Waals surface area contributed by atoms with Crippen molar-refractivity contribution in [2.24, 2.45) is 5.10 Å². The number of ether oxygens (including phenoxy) is 4. The molecule has 34 heavy (non-hydrogen) atoms. The Bertz CT molecular complexity index is 1140. The molecule has 0 aromatic heterocycles. The maximum Gasteiger partial charge on any atom is 0.271 e. The maximum atomic E-state index is 12.3. The molecule has 9 nitrogen and oxygen atoms in total. The smallest absolute Gasteiger partial charge is 0.271 e. The number of nitrogens with one attached hydrogen (secondary N) is 2. The molecule has 2 N–H and O–H groups in total. The Labute approximate surface area is 197 Å². The first-order chi connectivity index (χ1) is 16.5. The summed E-state index contributed by atoms with van der Waals surface area (Å²) in [5.41, 5.74) is 4.11. The molecular formula is C25H25N3O6. The van der Waals surface area contributed by atoms with E-state index in [1.54, 1.807) is 60.7 Å². The number of rotatable bonds is 10. The van der Waals surface area contributed by atoms with Crippen molar-refractivity contribution in [1.82, 2.24) is 5.43 Å². The molecule has 2 amide bonds. The van der Waals surface area contributed by atoms with Crippen molar-refractivity contribution < 1.29 is 28.5 Å². The van der Waals surface area contributed by atoms with Crippen molar-refractivity contribution in [3.63, 3.8) is 0 Å². The summed E-state index contributed by atoms with van der Waals surface area (Å²) in [4.78, 5) is 24.5. The average molecular weight is 463 g/mol. The fourth-order valence-electron chi connectivity index (χ4n) is 2.90. The van der Waals surface area contributed by atoms with Crippen molar-refractivity contribution in [2.45, 2.75) is 0 Å². The number of anilines is 1. The van der Waals surface area contributed by atoms with E-state index in [1.165, 1.54) is 27.5 Å². The molecule has 176 valence electrons. The van der Waals surface area contributed by atoms with Crippen molar-refractivity contribution >= 4 is 23.7 Å². The van der Waals surface area contributed by atoms with Gasteiger partial charge < -0.3 is 24.3 Å². The number of carbonyl (C=O) groups excluding carboxylic acids is 2. The van der Waals surface area contributed by atoms with Crippen LogP contribution in [0.5, 0.6) is 23.0 Å². The lowest BCUT2D eigenvalue weighted by Gasteiger charge is -2.10. The molecule has 0 radical (unpaired) electrons. The normalized spacial score (nSPS) is 10.4. The zero-order chi connectivity index (χ0) is 24.3. The molecule has 0 aliphatic carbocycles. The van der Waals surface area contributed by atoms with Gasteiger partial charge in [-0.15, -0.1) is 0 Å². The summed E-state index contributed by atoms with van der Waals surface area (Å²) in [5, 5.41) is 6.72. The predicted octanol–water partition coefficient (Wildman–Crippen LogP) is 3.49. The lowest BCUT2D eigenvalue weighted by atomic mass is 10.2. The molecule has 0 fully saturated rings. The number of para-hydroxylation sites is 2. The molecule has 3 aromatic rings. The number of nitrogens with zero attached hydrogens (tertiary/aromatic N) is 1. The molecule has 0 aliphatic rings. The zero-order valence-electron chi connectivity index (χ0n) is 19.0. The Balaban J connectivity index is 1.50. The Morgan fingerprint density at radius 2 is 1.53 bits per heavy atom. The van der Waals surface area contributed by atoms with E-state index < -0.39 is 5.91 Å². The van der Waals surface area contributed by atoms with Crippen LogP contribution in [0.3, 0.4) is 0 Å². The molecule has 0 spiro atoms. The van der Waals surface area contributed by atoms with E-state index in [-0.39, 0.29) is 12.5 Å². The quantitative estimate of drug-likeness (QED) is 0.352. The molecule has 3 aromatic carbocycles. The summed E-state index contributed by atoms with van der Waals surface area (Å²) in [7, 11) is 4.55. The molecule has 0 atom stereocenters. The van der Waals surface area contributed by atoms with E-state index in [1.807, 2.05) is 6.07 Å². The second-order valence-electron chi connectivity index (χ2n) is 6.91. The topological polar surface area (TPSA) is 107 Å². The van der Waals surface area contributed by atoms with Crippen LogP contribution in [-0.4, -0.2) is 46.0 Å². The molecule has 0 saturated carbocycles. The number of hydrogen-bond acceptors (Lipinski definition) is 7. The van der Waals surface area contributed by atoms with Gasteiger partial charge in [0.05, 0.1) is 33.2 Å². The number of hydrogen-bond donors (Lipinski definition) is 2. The first-order valence-corrected chi connectivity index (χ1v) is 10.2. The first kappa shape index (κ1) is 24.1. The van der Waals surface area contributed by atoms with E-state index in [0.717, 1.165) is 5.56 Å². The number of benzene rings is 3. The molecule has 3 rings (SSSR count). The molecular weight excluding hydrogens is 438 g/mol. The Kier molecular flexibility index (Phi) is 8.45. The van der Waals surface area contributed by atoms with Gasteiger partial charge >= 0.3 is 0 Å². The predicted molar refractivity (Wildman–Crippen MR) is 128 cm³/mol. The molecule has 0 unspecified atom stereocenters. The van der Waals surface area contributed by atoms with Gasteiger partial charge in [0, 0.05) is 11.6 Å². The maximum absolute atomic E-state index is 12.3. The van der Waals surface area contributed by atoms with Crippen LogP contribution in [0, 0.1) is 0 Å². The van der Waals surface area contributed by atoms with Crippen LogP contribution >= 0.6 is 0 Å². The van der Waals surface area contributed by atoms with Crippen LogP contribution < -0.4 is 29.7 Å². The minimum Gasteiger partial charge on any atom is -0.497 e. The van der Waals surface area contributed by atoms with Gasteiger partial charge in [-0.05, 0) is 54.1 Å². The Morgan fingerprint density at radius 3 is 2.18 bits per heavy atom. The van der Waals surface area contributed by atoms with Crippen LogP contribution in [0.2, 0.25) is 0 Å². The molecule has 9 heteroatoms. The van der Waals surface area contributed by atoms with Crippen LogP contribution in [0.15, 0.2) is 71.8 Å². The van der Waals surface area contributed by atoms with Gasteiger partial charge in [-0.1, -0.05) is 12.1 Å². The summed E-state index contributed by atoms with van der Waals surface area (Å²) < 4.78 is 21.1. The fraction of sp³-hybridized carbons (Fsp3) is 0.160. The van der Waals surface area contributed by atoms with Crippen LogP contribution in [0.4, 0.5) is 5.69 Å². The van der Waals surface area contributed by atoms with Crippen molar-refractivity contribution in [3.8, 4) is 23.0 Å². The van der Waals surface area contributed by atoms with Crippen LogP contribution in [0.1, 0.15) is 15.9 Å². The lowest BCUT2D eigenvalue weighted by molar-refractivity contribution is -0.118. The first-order valence-electron chi connectivity index (χ1n) is 10.2. The van der Waals surface area contributed by atoms with Gasteiger partial charge in [0.15, 0.2) is 6.61 Å². The largest absolute Gasteiger partial charge is 0.497 e. The average Bonchev–Trinajstić information content (AvgIpc) is 2.88. The molecule has 0 heterocycles. The molecule has 0 saturated heterocycles. The second kappa shape index (κ2) is 11.9. The summed E-state index contributed by atoms with van der Waals surface area (Å²) in [5.74, 6) is 1.36. The van der Waals surface area contributed by atoms with Crippen molar-refractivity contribution in [1.29, 1.82) is 0 Å². The standard InChI is InChI=1S/C25H25N3O6/c1-31-20-12-18(13-21(14-20)32-2)25(30)28-26-15-17-8-10-19(11-9-17)34-16-24(29)27-22-6-4-5-7-23(22)33-3/h4-15H,16H2,1-3H3,(H,27,29)(H,28,30)/b26-15+. The number of amides is 2. The van der Waals surface area contributed by atoms with Gasteiger partial charge in [-0.2, -0.15) is 5.10 Å². The minimum atomic E-state index is -0.408. The summed E-state index contributed by atoms with van der Waals surface area (Å²) in [6, 6.07) is 18.9. The van der Waals surface area contributed by atoms with Gasteiger partial charge in [0.1, 0.15) is 23.0 Å². The van der Waals surface area contributed by atoms with Gasteiger partial charge in [0.25, 0.3) is 11.8 Å². The van der Waals surface area contributed by atoms with Crippen molar-refractivity contribution in [3.05, 3.63) is 77.9 Å². The van der Waals surface area contributed by atoms with Gasteiger partial charge in [0.2, 0.25) is 0 Å². The molecule has 0 aliphatic heterocycles. The van der Waals surface area contributed by atoms with E-state index in [4.69, 9.17) is 18.9 Å². The highest BCUT2D eigenvalue weighted by molar-refractivity contribution is 5.96. The van der Waals surface area contributed by atoms with Crippen LogP contribution in [0.25, 0.3) is 0 Å².